The zero-order chi connectivity index (χ0) is 23.6. The number of benzene rings is 1. The van der Waals surface area contributed by atoms with Crippen molar-refractivity contribution >= 4 is 19.1 Å². The molecule has 0 aliphatic heterocycles. The van der Waals surface area contributed by atoms with E-state index in [-0.39, 0.29) is 19.4 Å². The average Bonchev–Trinajstić information content (AvgIpc) is 3.17. The number of nitrogens with zero attached hydrogens (tertiary/aromatic N) is 2. The zero-order valence-corrected chi connectivity index (χ0v) is 17.6. The van der Waals surface area contributed by atoms with Gasteiger partial charge in [-0.2, -0.15) is 13.9 Å². The molecule has 1 aromatic carbocycles. The molecule has 3 rings (SSSR count). The van der Waals surface area contributed by atoms with Crippen LogP contribution in [0.2, 0.25) is 0 Å². The first-order valence-electron chi connectivity index (χ1n) is 9.20. The van der Waals surface area contributed by atoms with Crippen molar-refractivity contribution in [2.24, 2.45) is 0 Å². The molecule has 2 aromatic heterocycles. The van der Waals surface area contributed by atoms with Crippen molar-refractivity contribution in [3.8, 4) is 5.75 Å². The maximum atomic E-state index is 13.7. The number of aromatic nitrogens is 2. The summed E-state index contributed by atoms with van der Waals surface area (Å²) in [6, 6.07) is 4.20. The van der Waals surface area contributed by atoms with Crippen molar-refractivity contribution in [1.82, 2.24) is 9.61 Å². The van der Waals surface area contributed by atoms with Crippen LogP contribution >= 0.6 is 7.60 Å². The van der Waals surface area contributed by atoms with Crippen LogP contribution in [0.15, 0.2) is 24.4 Å². The van der Waals surface area contributed by atoms with Crippen LogP contribution in [0.3, 0.4) is 0 Å². The van der Waals surface area contributed by atoms with Crippen molar-refractivity contribution in [3.63, 3.8) is 0 Å². The van der Waals surface area contributed by atoms with Gasteiger partial charge in [0.15, 0.2) is 5.69 Å². The van der Waals surface area contributed by atoms with Crippen molar-refractivity contribution in [2.45, 2.75) is 20.0 Å². The van der Waals surface area contributed by atoms with Gasteiger partial charge in [-0.1, -0.05) is 0 Å². The smallest absolute Gasteiger partial charge is 0.364 e. The van der Waals surface area contributed by atoms with E-state index in [9.17, 15) is 31.3 Å². The molecule has 0 aliphatic carbocycles. The third-order valence-corrected chi connectivity index (χ3v) is 6.18. The molecule has 0 aliphatic rings. The van der Waals surface area contributed by atoms with Gasteiger partial charge in [-0.05, 0) is 37.6 Å². The molecule has 0 atom stereocenters. The first-order valence-corrected chi connectivity index (χ1v) is 10.9. The number of halogens is 5. The molecule has 0 amide bonds. The lowest BCUT2D eigenvalue weighted by Crippen LogP contribution is -2.14. The number of ether oxygens (including phenoxy) is 1. The normalized spacial score (nSPS) is 11.8. The Kier molecular flexibility index (Phi) is 6.97. The lowest BCUT2D eigenvalue weighted by Gasteiger charge is -2.16. The summed E-state index contributed by atoms with van der Waals surface area (Å²) in [4.78, 5) is 12.2. The molecule has 172 valence electrons. The third kappa shape index (κ3) is 4.67. The quantitative estimate of drug-likeness (QED) is 0.113. The lowest BCUT2D eigenvalue weighted by molar-refractivity contribution is 0.0709. The van der Waals surface area contributed by atoms with E-state index in [1.807, 2.05) is 0 Å². The van der Waals surface area contributed by atoms with E-state index in [4.69, 9.17) is 9.05 Å². The molecule has 0 spiro atoms. The SMILES string of the molecule is CCOP(=O)(Cc1ccn2nc(C(=O)Oc3c(F)c(F)c(F)c(F)c3F)cc2c1)OCC. The Bertz CT molecular complexity index is 1190. The van der Waals surface area contributed by atoms with Gasteiger partial charge in [0.25, 0.3) is 0 Å². The molecule has 0 saturated carbocycles. The average molecular weight is 478 g/mol. The molecule has 0 unspecified atom stereocenters. The molecule has 2 heterocycles. The Morgan fingerprint density at radius 2 is 1.53 bits per heavy atom. The molecule has 3 aromatic rings. The van der Waals surface area contributed by atoms with Gasteiger partial charge in [0.05, 0.1) is 24.9 Å². The van der Waals surface area contributed by atoms with E-state index < -0.39 is 54.1 Å². The monoisotopic (exact) mass is 478 g/mol. The van der Waals surface area contributed by atoms with Gasteiger partial charge in [0, 0.05) is 6.20 Å². The van der Waals surface area contributed by atoms with Crippen LogP contribution in [0.5, 0.6) is 5.75 Å². The number of carbonyl (C=O) groups is 1. The summed E-state index contributed by atoms with van der Waals surface area (Å²) in [5.74, 6) is -14.6. The summed E-state index contributed by atoms with van der Waals surface area (Å²) in [5, 5.41) is 3.84. The fraction of sp³-hybridized carbons (Fsp3) is 0.263. The van der Waals surface area contributed by atoms with E-state index in [1.165, 1.54) is 22.8 Å². The molecule has 0 N–H and O–H groups in total. The van der Waals surface area contributed by atoms with Gasteiger partial charge >= 0.3 is 13.6 Å². The molecule has 7 nitrogen and oxygen atoms in total. The third-order valence-electron chi connectivity index (χ3n) is 4.13. The summed E-state index contributed by atoms with van der Waals surface area (Å²) in [6.45, 7) is 3.66. The zero-order valence-electron chi connectivity index (χ0n) is 16.7. The van der Waals surface area contributed by atoms with E-state index in [1.54, 1.807) is 13.8 Å². The standard InChI is InChI=1S/C19H16F5N2O5P/c1-3-29-32(28,30-4-2)9-10-5-6-26-11(7-10)8-12(25-26)19(27)31-18-16(23)14(21)13(20)15(22)17(18)24/h5-8H,3-4,9H2,1-2H3. The van der Waals surface area contributed by atoms with Crippen molar-refractivity contribution in [1.29, 1.82) is 0 Å². The van der Waals surface area contributed by atoms with Gasteiger partial charge in [-0.25, -0.2) is 22.5 Å². The fourth-order valence-corrected chi connectivity index (χ4v) is 4.49. The van der Waals surface area contributed by atoms with Gasteiger partial charge in [0.1, 0.15) is 0 Å². The summed E-state index contributed by atoms with van der Waals surface area (Å²) >= 11 is 0. The summed E-state index contributed by atoms with van der Waals surface area (Å²) in [7, 11) is -3.41. The number of hydrogen-bond acceptors (Lipinski definition) is 6. The number of hydrogen-bond donors (Lipinski definition) is 0. The van der Waals surface area contributed by atoms with Crippen LogP contribution in [-0.4, -0.2) is 28.8 Å². The van der Waals surface area contributed by atoms with Crippen LogP contribution in [0.1, 0.15) is 29.9 Å². The minimum absolute atomic E-state index is 0.0688. The van der Waals surface area contributed by atoms with Crippen LogP contribution in [0.25, 0.3) is 5.52 Å². The van der Waals surface area contributed by atoms with E-state index in [0.717, 1.165) is 6.07 Å². The second kappa shape index (κ2) is 9.35. The first-order chi connectivity index (χ1) is 15.1. The topological polar surface area (TPSA) is 79.1 Å². The highest BCUT2D eigenvalue weighted by Crippen LogP contribution is 2.51. The second-order valence-corrected chi connectivity index (χ2v) is 8.38. The number of esters is 1. The molecular weight excluding hydrogens is 462 g/mol. The number of fused-ring (bicyclic) bond motifs is 1. The highest BCUT2D eigenvalue weighted by molar-refractivity contribution is 7.53. The predicted molar refractivity (Wildman–Crippen MR) is 101 cm³/mol. The summed E-state index contributed by atoms with van der Waals surface area (Å²) < 4.78 is 95.9. The predicted octanol–water partition coefficient (Wildman–Crippen LogP) is 5.02. The molecule has 0 fully saturated rings. The molecular formula is C19H16F5N2O5P. The van der Waals surface area contributed by atoms with Gasteiger partial charge < -0.3 is 13.8 Å². The number of pyridine rings is 1. The lowest BCUT2D eigenvalue weighted by atomic mass is 10.2. The Morgan fingerprint density at radius 3 is 2.09 bits per heavy atom. The van der Waals surface area contributed by atoms with Crippen molar-refractivity contribution in [3.05, 3.63) is 64.7 Å². The number of rotatable bonds is 8. The van der Waals surface area contributed by atoms with Crippen LogP contribution in [-0.2, 0) is 19.8 Å². The largest absolute Gasteiger partial charge is 0.415 e. The van der Waals surface area contributed by atoms with E-state index in [2.05, 4.69) is 9.84 Å². The highest BCUT2D eigenvalue weighted by atomic mass is 31.2. The van der Waals surface area contributed by atoms with Crippen LogP contribution in [0, 0.1) is 29.1 Å². The summed E-state index contributed by atoms with van der Waals surface area (Å²) in [6.07, 6.45) is 1.34. The second-order valence-electron chi connectivity index (χ2n) is 6.33. The molecule has 0 saturated heterocycles. The van der Waals surface area contributed by atoms with Crippen molar-refractivity contribution < 1.29 is 45.1 Å². The maximum Gasteiger partial charge on any atom is 0.364 e. The highest BCUT2D eigenvalue weighted by Gasteiger charge is 2.29. The minimum Gasteiger partial charge on any atom is -0.415 e. The summed E-state index contributed by atoms with van der Waals surface area (Å²) in [5.41, 5.74) is 0.345. The van der Waals surface area contributed by atoms with E-state index in [0.29, 0.717) is 11.1 Å². The van der Waals surface area contributed by atoms with Crippen LogP contribution < -0.4 is 4.74 Å². The maximum absolute atomic E-state index is 13.7. The minimum atomic E-state index is -3.41. The Labute approximate surface area is 178 Å². The van der Waals surface area contributed by atoms with Gasteiger partial charge in [0.2, 0.25) is 34.8 Å². The van der Waals surface area contributed by atoms with E-state index >= 15 is 0 Å². The fourth-order valence-electron chi connectivity index (χ4n) is 2.80. The molecule has 13 heteroatoms. The molecule has 0 radical (unpaired) electrons. The first kappa shape index (κ1) is 23.8. The van der Waals surface area contributed by atoms with Gasteiger partial charge in [-0.3, -0.25) is 4.57 Å². The Morgan fingerprint density at radius 1 is 0.969 bits per heavy atom. The van der Waals surface area contributed by atoms with Crippen molar-refractivity contribution in [2.75, 3.05) is 13.2 Å². The molecule has 0 bridgehead atoms. The Balaban J connectivity index is 1.88. The van der Waals surface area contributed by atoms with Crippen LogP contribution in [0.4, 0.5) is 22.0 Å². The molecule has 32 heavy (non-hydrogen) atoms. The number of carbonyl (C=O) groups excluding carboxylic acids is 1. The van der Waals surface area contributed by atoms with Gasteiger partial charge in [-0.15, -0.1) is 0 Å². The Hall–Kier alpha value is -2.82.